The van der Waals surface area contributed by atoms with Crippen LogP contribution in [0, 0.1) is 0 Å². The van der Waals surface area contributed by atoms with Gasteiger partial charge in [-0.1, -0.05) is 6.08 Å². The van der Waals surface area contributed by atoms with Gasteiger partial charge in [0.15, 0.2) is 0 Å². The first-order valence-corrected chi connectivity index (χ1v) is 8.11. The number of urea groups is 1. The monoisotopic (exact) mass is 292 g/mol. The first-order chi connectivity index (χ1) is 8.61. The molecule has 0 radical (unpaired) electrons. The van der Waals surface area contributed by atoms with Gasteiger partial charge in [0.2, 0.25) is 0 Å². The van der Waals surface area contributed by atoms with Gasteiger partial charge in [-0.2, -0.15) is 23.5 Å². The second-order valence-electron chi connectivity index (χ2n) is 3.44. The SMILES string of the molecule is C=CCSCCNC(=O)N[C@H](CCSC)C(=O)O. The van der Waals surface area contributed by atoms with Gasteiger partial charge in [-0.25, -0.2) is 9.59 Å². The summed E-state index contributed by atoms with van der Waals surface area (Å²) >= 11 is 3.21. The summed E-state index contributed by atoms with van der Waals surface area (Å²) < 4.78 is 0. The lowest BCUT2D eigenvalue weighted by molar-refractivity contribution is -0.139. The van der Waals surface area contributed by atoms with Gasteiger partial charge in [0.25, 0.3) is 0 Å². The van der Waals surface area contributed by atoms with Crippen LogP contribution in [0.2, 0.25) is 0 Å². The summed E-state index contributed by atoms with van der Waals surface area (Å²) in [5.41, 5.74) is 0. The summed E-state index contributed by atoms with van der Waals surface area (Å²) in [4.78, 5) is 22.3. The lowest BCUT2D eigenvalue weighted by Gasteiger charge is -2.14. The lowest BCUT2D eigenvalue weighted by atomic mass is 10.2. The van der Waals surface area contributed by atoms with Crippen LogP contribution in [0.15, 0.2) is 12.7 Å². The Balaban J connectivity index is 3.80. The number of amides is 2. The minimum Gasteiger partial charge on any atom is -0.480 e. The molecule has 3 N–H and O–H groups in total. The van der Waals surface area contributed by atoms with E-state index in [2.05, 4.69) is 17.2 Å². The summed E-state index contributed by atoms with van der Waals surface area (Å²) in [5, 5.41) is 14.0. The Kier molecular flexibility index (Phi) is 10.8. The highest BCUT2D eigenvalue weighted by Crippen LogP contribution is 2.01. The van der Waals surface area contributed by atoms with E-state index in [4.69, 9.17) is 5.11 Å². The van der Waals surface area contributed by atoms with E-state index in [1.54, 1.807) is 29.6 Å². The number of thioether (sulfide) groups is 2. The lowest BCUT2D eigenvalue weighted by Crippen LogP contribution is -2.46. The quantitative estimate of drug-likeness (QED) is 0.419. The molecule has 0 aliphatic rings. The van der Waals surface area contributed by atoms with E-state index in [-0.39, 0.29) is 0 Å². The summed E-state index contributed by atoms with van der Waals surface area (Å²) in [7, 11) is 0. The first kappa shape index (κ1) is 17.2. The smallest absolute Gasteiger partial charge is 0.326 e. The van der Waals surface area contributed by atoms with Crippen LogP contribution in [0.3, 0.4) is 0 Å². The Hall–Kier alpha value is -0.820. The van der Waals surface area contributed by atoms with Crippen LogP contribution in [0.1, 0.15) is 6.42 Å². The number of aliphatic carboxylic acids is 1. The molecular weight excluding hydrogens is 272 g/mol. The van der Waals surface area contributed by atoms with Crippen LogP contribution in [0.25, 0.3) is 0 Å². The zero-order valence-electron chi connectivity index (χ0n) is 10.5. The van der Waals surface area contributed by atoms with E-state index in [1.807, 2.05) is 6.26 Å². The van der Waals surface area contributed by atoms with Gasteiger partial charge in [0.1, 0.15) is 6.04 Å². The van der Waals surface area contributed by atoms with Crippen molar-refractivity contribution in [2.45, 2.75) is 12.5 Å². The largest absolute Gasteiger partial charge is 0.480 e. The molecule has 0 rings (SSSR count). The molecule has 2 amide bonds. The Morgan fingerprint density at radius 3 is 2.72 bits per heavy atom. The van der Waals surface area contributed by atoms with Crippen molar-refractivity contribution >= 4 is 35.5 Å². The maximum absolute atomic E-state index is 11.4. The standard InChI is InChI=1S/C11H20N2O3S2/c1-3-6-18-8-5-12-11(16)13-9(10(14)15)4-7-17-2/h3,9H,1,4-8H2,2H3,(H,14,15)(H2,12,13,16)/t9-/m1/s1. The Morgan fingerprint density at radius 2 is 2.17 bits per heavy atom. The Labute approximate surface area is 116 Å². The maximum atomic E-state index is 11.4. The van der Waals surface area contributed by atoms with Gasteiger partial charge in [-0.15, -0.1) is 6.58 Å². The van der Waals surface area contributed by atoms with Crippen LogP contribution in [-0.4, -0.2) is 53.2 Å². The van der Waals surface area contributed by atoms with Gasteiger partial charge in [0, 0.05) is 18.1 Å². The third-order valence-corrected chi connectivity index (χ3v) is 3.59. The molecule has 0 unspecified atom stereocenters. The molecule has 0 aromatic rings. The molecular formula is C11H20N2O3S2. The summed E-state index contributed by atoms with van der Waals surface area (Å²) in [6, 6.07) is -1.25. The van der Waals surface area contributed by atoms with Crippen LogP contribution < -0.4 is 10.6 Å². The summed E-state index contributed by atoms with van der Waals surface area (Å²) in [6.45, 7) is 4.11. The average molecular weight is 292 g/mol. The molecule has 0 aliphatic heterocycles. The molecule has 1 atom stereocenters. The summed E-state index contributed by atoms with van der Waals surface area (Å²) in [5.74, 6) is 1.32. The molecule has 104 valence electrons. The third-order valence-electron chi connectivity index (χ3n) is 1.98. The highest BCUT2D eigenvalue weighted by molar-refractivity contribution is 7.99. The molecule has 0 heterocycles. The first-order valence-electron chi connectivity index (χ1n) is 5.56. The topological polar surface area (TPSA) is 78.4 Å². The van der Waals surface area contributed by atoms with Crippen molar-refractivity contribution in [2.75, 3.05) is 30.1 Å². The van der Waals surface area contributed by atoms with E-state index < -0.39 is 18.0 Å². The van der Waals surface area contributed by atoms with E-state index in [9.17, 15) is 9.59 Å². The van der Waals surface area contributed by atoms with Crippen molar-refractivity contribution < 1.29 is 14.7 Å². The highest BCUT2D eigenvalue weighted by atomic mass is 32.2. The number of carbonyl (C=O) groups is 2. The van der Waals surface area contributed by atoms with Gasteiger partial charge >= 0.3 is 12.0 Å². The minimum absolute atomic E-state index is 0.426. The van der Waals surface area contributed by atoms with Gasteiger partial charge in [-0.3, -0.25) is 0 Å². The van der Waals surface area contributed by atoms with E-state index in [1.165, 1.54) is 0 Å². The molecule has 0 aromatic heterocycles. The molecule has 5 nitrogen and oxygen atoms in total. The molecule has 0 aromatic carbocycles. The third kappa shape index (κ3) is 9.23. The molecule has 0 aliphatic carbocycles. The number of carboxylic acid groups (broad SMARTS) is 1. The second kappa shape index (κ2) is 11.3. The van der Waals surface area contributed by atoms with Crippen LogP contribution in [0.5, 0.6) is 0 Å². The molecule has 18 heavy (non-hydrogen) atoms. The number of hydrogen-bond donors (Lipinski definition) is 3. The van der Waals surface area contributed by atoms with Crippen molar-refractivity contribution in [1.82, 2.24) is 10.6 Å². The minimum atomic E-state index is -1.000. The molecule has 0 spiro atoms. The number of carboxylic acids is 1. The predicted octanol–water partition coefficient (Wildman–Crippen LogP) is 1.41. The van der Waals surface area contributed by atoms with Gasteiger partial charge < -0.3 is 15.7 Å². The maximum Gasteiger partial charge on any atom is 0.326 e. The summed E-state index contributed by atoms with van der Waals surface area (Å²) in [6.07, 6.45) is 4.12. The van der Waals surface area contributed by atoms with E-state index in [0.717, 1.165) is 11.5 Å². The molecule has 0 saturated carbocycles. The van der Waals surface area contributed by atoms with Crippen molar-refractivity contribution in [3.8, 4) is 0 Å². The second-order valence-corrected chi connectivity index (χ2v) is 5.57. The predicted molar refractivity (Wildman–Crippen MR) is 78.5 cm³/mol. The Morgan fingerprint density at radius 1 is 1.44 bits per heavy atom. The fourth-order valence-electron chi connectivity index (χ4n) is 1.11. The van der Waals surface area contributed by atoms with Gasteiger partial charge in [-0.05, 0) is 18.4 Å². The van der Waals surface area contributed by atoms with E-state index in [0.29, 0.717) is 18.7 Å². The zero-order chi connectivity index (χ0) is 13.8. The van der Waals surface area contributed by atoms with Crippen LogP contribution in [-0.2, 0) is 4.79 Å². The van der Waals surface area contributed by atoms with Crippen LogP contribution >= 0.6 is 23.5 Å². The van der Waals surface area contributed by atoms with E-state index >= 15 is 0 Å². The molecule has 0 fully saturated rings. The zero-order valence-corrected chi connectivity index (χ0v) is 12.1. The number of carbonyl (C=O) groups excluding carboxylic acids is 1. The van der Waals surface area contributed by atoms with Crippen molar-refractivity contribution in [3.05, 3.63) is 12.7 Å². The van der Waals surface area contributed by atoms with Crippen molar-refractivity contribution in [1.29, 1.82) is 0 Å². The fraction of sp³-hybridized carbons (Fsp3) is 0.636. The van der Waals surface area contributed by atoms with Gasteiger partial charge in [0.05, 0.1) is 0 Å². The molecule has 0 bridgehead atoms. The highest BCUT2D eigenvalue weighted by Gasteiger charge is 2.18. The van der Waals surface area contributed by atoms with Crippen molar-refractivity contribution in [3.63, 3.8) is 0 Å². The Bertz CT molecular complexity index is 275. The van der Waals surface area contributed by atoms with Crippen LogP contribution in [0.4, 0.5) is 4.79 Å². The molecule has 0 saturated heterocycles. The normalized spacial score (nSPS) is 11.6. The molecule has 7 heteroatoms. The average Bonchev–Trinajstić information content (AvgIpc) is 2.33. The fourth-order valence-corrected chi connectivity index (χ4v) is 2.16. The van der Waals surface area contributed by atoms with Crippen molar-refractivity contribution in [2.24, 2.45) is 0 Å². The number of rotatable bonds is 10. The number of hydrogen-bond acceptors (Lipinski definition) is 4. The number of nitrogens with one attached hydrogen (secondary N) is 2.